The Kier molecular flexibility index (Phi) is 4.59. The van der Waals surface area contributed by atoms with Gasteiger partial charge in [0.1, 0.15) is 5.78 Å². The Morgan fingerprint density at radius 3 is 2.69 bits per heavy atom. The van der Waals surface area contributed by atoms with Crippen LogP contribution in [0.4, 0.5) is 0 Å². The molecule has 1 aromatic heterocycles. The van der Waals surface area contributed by atoms with Gasteiger partial charge >= 0.3 is 0 Å². The Bertz CT molecular complexity index is 353. The van der Waals surface area contributed by atoms with E-state index < -0.39 is 0 Å². The van der Waals surface area contributed by atoms with Crippen molar-refractivity contribution in [2.45, 2.75) is 44.9 Å². The Hall–Kier alpha value is -0.150. The molecule has 0 aromatic carbocycles. The van der Waals surface area contributed by atoms with Crippen LogP contribution < -0.4 is 0 Å². The van der Waals surface area contributed by atoms with Gasteiger partial charge in [-0.05, 0) is 34.0 Å². The van der Waals surface area contributed by atoms with Crippen molar-refractivity contribution in [1.82, 2.24) is 0 Å². The molecular formula is C13H17BrOS. The third-order valence-electron chi connectivity index (χ3n) is 3.24. The maximum absolute atomic E-state index is 11.9. The van der Waals surface area contributed by atoms with Crippen molar-refractivity contribution in [3.8, 4) is 0 Å². The Morgan fingerprint density at radius 2 is 2.06 bits per heavy atom. The maximum Gasteiger partial charge on any atom is 0.138 e. The molecule has 1 saturated carbocycles. The van der Waals surface area contributed by atoms with Crippen LogP contribution >= 0.6 is 27.3 Å². The van der Waals surface area contributed by atoms with E-state index in [1.165, 1.54) is 37.0 Å². The van der Waals surface area contributed by atoms with Crippen LogP contribution in [-0.2, 0) is 11.2 Å². The molecule has 2 rings (SSSR count). The van der Waals surface area contributed by atoms with Crippen molar-refractivity contribution in [3.63, 3.8) is 0 Å². The van der Waals surface area contributed by atoms with E-state index in [2.05, 4.69) is 15.9 Å². The first-order valence-corrected chi connectivity index (χ1v) is 7.61. The van der Waals surface area contributed by atoms with E-state index in [0.29, 0.717) is 18.1 Å². The quantitative estimate of drug-likeness (QED) is 0.794. The van der Waals surface area contributed by atoms with Crippen LogP contribution in [0.3, 0.4) is 0 Å². The molecule has 0 spiro atoms. The standard InChI is InChI=1S/C13H17BrOS/c14-13-7-6-12(16-13)9-11(15)8-10-4-2-1-3-5-10/h6-7,10H,1-5,8-9H2. The summed E-state index contributed by atoms with van der Waals surface area (Å²) in [6.07, 6.45) is 7.97. The monoisotopic (exact) mass is 300 g/mol. The number of hydrogen-bond donors (Lipinski definition) is 0. The smallest absolute Gasteiger partial charge is 0.138 e. The molecule has 0 bridgehead atoms. The van der Waals surface area contributed by atoms with Gasteiger partial charge in [0, 0.05) is 17.7 Å². The number of Topliss-reactive ketones (excluding diaryl/α,β-unsaturated/α-hetero) is 1. The largest absolute Gasteiger partial charge is 0.299 e. The van der Waals surface area contributed by atoms with E-state index in [1.54, 1.807) is 11.3 Å². The lowest BCUT2D eigenvalue weighted by molar-refractivity contribution is -0.119. The molecule has 1 aliphatic rings. The van der Waals surface area contributed by atoms with E-state index in [4.69, 9.17) is 0 Å². The number of thiophene rings is 1. The summed E-state index contributed by atoms with van der Waals surface area (Å²) in [5.41, 5.74) is 0. The number of halogens is 1. The van der Waals surface area contributed by atoms with E-state index >= 15 is 0 Å². The van der Waals surface area contributed by atoms with Crippen LogP contribution in [-0.4, -0.2) is 5.78 Å². The molecule has 0 amide bonds. The Morgan fingerprint density at radius 1 is 1.31 bits per heavy atom. The summed E-state index contributed by atoms with van der Waals surface area (Å²) in [6, 6.07) is 4.07. The highest BCUT2D eigenvalue weighted by Crippen LogP contribution is 2.28. The lowest BCUT2D eigenvalue weighted by Gasteiger charge is -2.20. The highest BCUT2D eigenvalue weighted by atomic mass is 79.9. The maximum atomic E-state index is 11.9. The van der Waals surface area contributed by atoms with Gasteiger partial charge in [0.25, 0.3) is 0 Å². The molecule has 1 aromatic rings. The molecule has 1 aliphatic carbocycles. The van der Waals surface area contributed by atoms with Gasteiger partial charge in [-0.15, -0.1) is 11.3 Å². The van der Waals surface area contributed by atoms with Gasteiger partial charge in [-0.1, -0.05) is 32.1 Å². The summed E-state index contributed by atoms with van der Waals surface area (Å²) < 4.78 is 1.12. The summed E-state index contributed by atoms with van der Waals surface area (Å²) in [7, 11) is 0. The van der Waals surface area contributed by atoms with Gasteiger partial charge in [0.2, 0.25) is 0 Å². The molecule has 88 valence electrons. The van der Waals surface area contributed by atoms with E-state index in [-0.39, 0.29) is 0 Å². The van der Waals surface area contributed by atoms with Gasteiger partial charge < -0.3 is 0 Å². The zero-order chi connectivity index (χ0) is 11.4. The second-order valence-corrected chi connectivity index (χ2v) is 7.18. The lowest BCUT2D eigenvalue weighted by Crippen LogP contribution is -2.13. The molecule has 3 heteroatoms. The SMILES string of the molecule is O=C(Cc1ccc(Br)s1)CC1CCCCC1. The molecule has 0 unspecified atom stereocenters. The molecule has 0 atom stereocenters. The van der Waals surface area contributed by atoms with Crippen molar-refractivity contribution >= 4 is 33.0 Å². The second kappa shape index (κ2) is 5.97. The highest BCUT2D eigenvalue weighted by Gasteiger charge is 2.17. The third kappa shape index (κ3) is 3.70. The fraction of sp³-hybridized carbons (Fsp3) is 0.615. The van der Waals surface area contributed by atoms with Crippen LogP contribution in [0.1, 0.15) is 43.4 Å². The van der Waals surface area contributed by atoms with Gasteiger partial charge in [0.15, 0.2) is 0 Å². The number of rotatable bonds is 4. The minimum Gasteiger partial charge on any atom is -0.299 e. The first kappa shape index (κ1) is 12.3. The Balaban J connectivity index is 1.79. The highest BCUT2D eigenvalue weighted by molar-refractivity contribution is 9.11. The average Bonchev–Trinajstić information content (AvgIpc) is 2.65. The minimum absolute atomic E-state index is 0.418. The van der Waals surface area contributed by atoms with E-state index in [1.807, 2.05) is 12.1 Å². The summed E-state index contributed by atoms with van der Waals surface area (Å²) in [5.74, 6) is 1.09. The first-order chi connectivity index (χ1) is 7.74. The zero-order valence-electron chi connectivity index (χ0n) is 9.38. The first-order valence-electron chi connectivity index (χ1n) is 6.00. The summed E-state index contributed by atoms with van der Waals surface area (Å²) in [6.45, 7) is 0. The normalized spacial score (nSPS) is 17.6. The topological polar surface area (TPSA) is 17.1 Å². The van der Waals surface area contributed by atoms with Crippen LogP contribution in [0.5, 0.6) is 0 Å². The fourth-order valence-electron chi connectivity index (χ4n) is 2.43. The predicted octanol–water partition coefficient (Wildman–Crippen LogP) is 4.59. The van der Waals surface area contributed by atoms with Crippen molar-refractivity contribution < 1.29 is 4.79 Å². The van der Waals surface area contributed by atoms with Crippen LogP contribution in [0.25, 0.3) is 0 Å². The average molecular weight is 301 g/mol. The van der Waals surface area contributed by atoms with Gasteiger partial charge in [0.05, 0.1) is 3.79 Å². The summed E-state index contributed by atoms with van der Waals surface area (Å²) in [5, 5.41) is 0. The van der Waals surface area contributed by atoms with Crippen molar-refractivity contribution in [1.29, 1.82) is 0 Å². The molecule has 0 saturated heterocycles. The fourth-order valence-corrected chi connectivity index (χ4v) is 3.94. The van der Waals surface area contributed by atoms with Crippen LogP contribution in [0, 0.1) is 5.92 Å². The number of carbonyl (C=O) groups is 1. The van der Waals surface area contributed by atoms with Gasteiger partial charge in [-0.25, -0.2) is 0 Å². The van der Waals surface area contributed by atoms with E-state index in [0.717, 1.165) is 10.2 Å². The van der Waals surface area contributed by atoms with Crippen molar-refractivity contribution in [2.24, 2.45) is 5.92 Å². The molecule has 0 aliphatic heterocycles. The third-order valence-corrected chi connectivity index (χ3v) is 4.86. The van der Waals surface area contributed by atoms with Gasteiger partial charge in [-0.3, -0.25) is 4.79 Å². The molecule has 0 radical (unpaired) electrons. The minimum atomic E-state index is 0.418. The summed E-state index contributed by atoms with van der Waals surface area (Å²) in [4.78, 5) is 13.1. The zero-order valence-corrected chi connectivity index (χ0v) is 11.8. The van der Waals surface area contributed by atoms with Gasteiger partial charge in [-0.2, -0.15) is 0 Å². The molecule has 1 fully saturated rings. The Labute approximate surface area is 109 Å². The number of hydrogen-bond acceptors (Lipinski definition) is 2. The molecule has 0 N–H and O–H groups in total. The molecule has 1 nitrogen and oxygen atoms in total. The predicted molar refractivity (Wildman–Crippen MR) is 71.9 cm³/mol. The molecular weight excluding hydrogens is 284 g/mol. The molecule has 1 heterocycles. The van der Waals surface area contributed by atoms with Crippen LogP contribution in [0.2, 0.25) is 0 Å². The van der Waals surface area contributed by atoms with E-state index in [9.17, 15) is 4.79 Å². The number of carbonyl (C=O) groups excluding carboxylic acids is 1. The van der Waals surface area contributed by atoms with Crippen molar-refractivity contribution in [3.05, 3.63) is 20.8 Å². The molecule has 16 heavy (non-hydrogen) atoms. The second-order valence-electron chi connectivity index (χ2n) is 4.63. The van der Waals surface area contributed by atoms with Crippen molar-refractivity contribution in [2.75, 3.05) is 0 Å². The number of ketones is 1. The lowest BCUT2D eigenvalue weighted by atomic mass is 9.85. The summed E-state index contributed by atoms with van der Waals surface area (Å²) >= 11 is 5.10. The van der Waals surface area contributed by atoms with Crippen LogP contribution in [0.15, 0.2) is 15.9 Å².